The molecule has 94 valence electrons. The fraction of sp³-hybridized carbons (Fsp3) is 0.900. The van der Waals surface area contributed by atoms with E-state index in [0.29, 0.717) is 6.42 Å². The summed E-state index contributed by atoms with van der Waals surface area (Å²) in [7, 11) is -3.18. The van der Waals surface area contributed by atoms with E-state index in [4.69, 9.17) is 5.11 Å². The number of rotatable bonds is 7. The van der Waals surface area contributed by atoms with Crippen molar-refractivity contribution in [1.29, 1.82) is 0 Å². The van der Waals surface area contributed by atoms with E-state index in [1.54, 1.807) is 0 Å². The minimum Gasteiger partial charge on any atom is -0.481 e. The molecular formula is C10H19NO4S. The largest absolute Gasteiger partial charge is 0.481 e. The molecule has 0 atom stereocenters. The topological polar surface area (TPSA) is 74.7 Å². The molecule has 0 unspecified atom stereocenters. The molecule has 1 N–H and O–H groups in total. The van der Waals surface area contributed by atoms with Crippen LogP contribution in [0, 0.1) is 0 Å². The fourth-order valence-electron chi connectivity index (χ4n) is 1.86. The van der Waals surface area contributed by atoms with Crippen LogP contribution in [0.3, 0.4) is 0 Å². The van der Waals surface area contributed by atoms with Crippen molar-refractivity contribution >= 4 is 15.8 Å². The molecule has 1 aliphatic heterocycles. The highest BCUT2D eigenvalue weighted by atomic mass is 32.2. The van der Waals surface area contributed by atoms with Gasteiger partial charge < -0.3 is 10.0 Å². The van der Waals surface area contributed by atoms with E-state index >= 15 is 0 Å². The zero-order chi connectivity index (χ0) is 12.0. The predicted molar refractivity (Wildman–Crippen MR) is 61.2 cm³/mol. The van der Waals surface area contributed by atoms with Crippen LogP contribution in [0.5, 0.6) is 0 Å². The maximum absolute atomic E-state index is 11.4. The van der Waals surface area contributed by atoms with Gasteiger partial charge in [0.1, 0.15) is 0 Å². The van der Waals surface area contributed by atoms with Crippen LogP contribution in [0.15, 0.2) is 0 Å². The summed E-state index contributed by atoms with van der Waals surface area (Å²) in [6.07, 6.45) is 2.73. The molecular weight excluding hydrogens is 230 g/mol. The van der Waals surface area contributed by atoms with Crippen molar-refractivity contribution in [3.8, 4) is 0 Å². The average Bonchev–Trinajstić information content (AvgIpc) is 2.68. The van der Waals surface area contributed by atoms with Gasteiger partial charge in [-0.1, -0.05) is 0 Å². The van der Waals surface area contributed by atoms with Crippen molar-refractivity contribution in [3.05, 3.63) is 0 Å². The summed E-state index contributed by atoms with van der Waals surface area (Å²) >= 11 is 0. The van der Waals surface area contributed by atoms with Gasteiger partial charge in [0, 0.05) is 0 Å². The van der Waals surface area contributed by atoms with E-state index in [0.717, 1.165) is 19.6 Å². The Bertz CT molecular complexity index is 320. The molecule has 5 nitrogen and oxygen atoms in total. The van der Waals surface area contributed by atoms with Crippen molar-refractivity contribution in [2.24, 2.45) is 0 Å². The number of aliphatic carboxylic acids is 1. The third-order valence-electron chi connectivity index (χ3n) is 2.76. The lowest BCUT2D eigenvalue weighted by atomic mass is 10.4. The molecule has 1 fully saturated rings. The number of nitrogens with zero attached hydrogens (tertiary/aromatic N) is 1. The molecule has 0 saturated carbocycles. The van der Waals surface area contributed by atoms with Gasteiger partial charge in [-0.25, -0.2) is 8.42 Å². The third kappa shape index (κ3) is 5.46. The monoisotopic (exact) mass is 249 g/mol. The summed E-state index contributed by atoms with van der Waals surface area (Å²) < 4.78 is 22.9. The van der Waals surface area contributed by atoms with Crippen LogP contribution in [0.2, 0.25) is 0 Å². The van der Waals surface area contributed by atoms with Crippen LogP contribution < -0.4 is 0 Å². The van der Waals surface area contributed by atoms with Gasteiger partial charge in [0.05, 0.1) is 17.9 Å². The van der Waals surface area contributed by atoms with Gasteiger partial charge in [0.2, 0.25) is 0 Å². The van der Waals surface area contributed by atoms with Crippen molar-refractivity contribution in [1.82, 2.24) is 4.90 Å². The SMILES string of the molecule is O=C(O)CCS(=O)(=O)CCCN1CCCC1. The lowest BCUT2D eigenvalue weighted by Crippen LogP contribution is -2.23. The Labute approximate surface area is 96.4 Å². The molecule has 0 aromatic heterocycles. The van der Waals surface area contributed by atoms with Gasteiger partial charge >= 0.3 is 5.97 Å². The Hall–Kier alpha value is -0.620. The molecule has 0 bridgehead atoms. The van der Waals surface area contributed by atoms with Crippen LogP contribution in [0.4, 0.5) is 0 Å². The molecule has 1 rings (SSSR count). The van der Waals surface area contributed by atoms with Crippen molar-refractivity contribution in [2.45, 2.75) is 25.7 Å². The van der Waals surface area contributed by atoms with E-state index in [2.05, 4.69) is 4.90 Å². The number of carboxylic acids is 1. The molecule has 0 aliphatic carbocycles. The molecule has 0 radical (unpaired) electrons. The molecule has 1 aliphatic rings. The summed E-state index contributed by atoms with van der Waals surface area (Å²) in [5.41, 5.74) is 0. The molecule has 16 heavy (non-hydrogen) atoms. The Morgan fingerprint density at radius 3 is 2.38 bits per heavy atom. The second kappa shape index (κ2) is 6.20. The summed E-state index contributed by atoms with van der Waals surface area (Å²) in [5, 5.41) is 8.40. The molecule has 0 amide bonds. The maximum atomic E-state index is 11.4. The third-order valence-corrected chi connectivity index (χ3v) is 4.49. The number of hydrogen-bond acceptors (Lipinski definition) is 4. The highest BCUT2D eigenvalue weighted by Crippen LogP contribution is 2.08. The molecule has 0 aromatic rings. The van der Waals surface area contributed by atoms with Crippen LogP contribution in [-0.4, -0.2) is 55.5 Å². The highest BCUT2D eigenvalue weighted by Gasteiger charge is 2.15. The highest BCUT2D eigenvalue weighted by molar-refractivity contribution is 7.91. The Balaban J connectivity index is 2.17. The van der Waals surface area contributed by atoms with Gasteiger partial charge in [-0.3, -0.25) is 4.79 Å². The molecule has 6 heteroatoms. The van der Waals surface area contributed by atoms with Crippen molar-refractivity contribution in [2.75, 3.05) is 31.1 Å². The summed E-state index contributed by atoms with van der Waals surface area (Å²) in [6, 6.07) is 0. The summed E-state index contributed by atoms with van der Waals surface area (Å²) in [5.74, 6) is -1.18. The first-order valence-electron chi connectivity index (χ1n) is 5.64. The molecule has 1 heterocycles. The van der Waals surface area contributed by atoms with Gasteiger partial charge in [-0.15, -0.1) is 0 Å². The predicted octanol–water partition coefficient (Wildman–Crippen LogP) is 0.362. The first kappa shape index (κ1) is 13.4. The van der Waals surface area contributed by atoms with Gasteiger partial charge in [0.15, 0.2) is 9.84 Å². The smallest absolute Gasteiger partial charge is 0.304 e. The second-order valence-electron chi connectivity index (χ2n) is 4.20. The fourth-order valence-corrected chi connectivity index (χ4v) is 3.12. The van der Waals surface area contributed by atoms with E-state index in [1.807, 2.05) is 0 Å². The second-order valence-corrected chi connectivity index (χ2v) is 6.50. The van der Waals surface area contributed by atoms with Crippen LogP contribution in [0.1, 0.15) is 25.7 Å². The number of carbonyl (C=O) groups is 1. The van der Waals surface area contributed by atoms with Crippen molar-refractivity contribution < 1.29 is 18.3 Å². The van der Waals surface area contributed by atoms with Gasteiger partial charge in [-0.05, 0) is 38.9 Å². The number of sulfone groups is 1. The maximum Gasteiger partial charge on any atom is 0.304 e. The summed E-state index contributed by atoms with van der Waals surface area (Å²) in [6.45, 7) is 2.94. The molecule has 1 saturated heterocycles. The number of carboxylic acid groups (broad SMARTS) is 1. The van der Waals surface area contributed by atoms with E-state index in [9.17, 15) is 13.2 Å². The zero-order valence-electron chi connectivity index (χ0n) is 9.39. The average molecular weight is 249 g/mol. The van der Waals surface area contributed by atoms with E-state index in [1.165, 1.54) is 12.8 Å². The standard InChI is InChI=1S/C10H19NO4S/c12-10(13)4-9-16(14,15)8-3-7-11-5-1-2-6-11/h1-9H2,(H,12,13). The minimum absolute atomic E-state index is 0.108. The van der Waals surface area contributed by atoms with Crippen LogP contribution >= 0.6 is 0 Å². The minimum atomic E-state index is -3.18. The van der Waals surface area contributed by atoms with Crippen molar-refractivity contribution in [3.63, 3.8) is 0 Å². The van der Waals surface area contributed by atoms with Crippen LogP contribution in [0.25, 0.3) is 0 Å². The zero-order valence-corrected chi connectivity index (χ0v) is 10.2. The first-order chi connectivity index (χ1) is 7.49. The van der Waals surface area contributed by atoms with Crippen LogP contribution in [-0.2, 0) is 14.6 Å². The quantitative estimate of drug-likeness (QED) is 0.705. The molecule has 0 aromatic carbocycles. The Morgan fingerprint density at radius 2 is 1.81 bits per heavy atom. The lowest BCUT2D eigenvalue weighted by molar-refractivity contribution is -0.136. The van der Waals surface area contributed by atoms with Gasteiger partial charge in [0.25, 0.3) is 0 Å². The van der Waals surface area contributed by atoms with E-state index < -0.39 is 15.8 Å². The van der Waals surface area contributed by atoms with Gasteiger partial charge in [-0.2, -0.15) is 0 Å². The summed E-state index contributed by atoms with van der Waals surface area (Å²) in [4.78, 5) is 12.5. The number of hydrogen-bond donors (Lipinski definition) is 1. The normalized spacial score (nSPS) is 17.8. The molecule has 0 spiro atoms. The Kier molecular flexibility index (Phi) is 5.21. The first-order valence-corrected chi connectivity index (χ1v) is 7.46. The Morgan fingerprint density at radius 1 is 1.19 bits per heavy atom. The van der Waals surface area contributed by atoms with E-state index in [-0.39, 0.29) is 17.9 Å². The lowest BCUT2D eigenvalue weighted by Gasteiger charge is -2.13. The number of likely N-dealkylation sites (tertiary alicyclic amines) is 1.